The lowest BCUT2D eigenvalue weighted by Gasteiger charge is -2.34. The smallest absolute Gasteiger partial charge is 0.306 e. The van der Waals surface area contributed by atoms with E-state index in [0.717, 1.165) is 18.6 Å². The van der Waals surface area contributed by atoms with E-state index in [4.69, 9.17) is 9.47 Å². The number of nitrogens with zero attached hydrogens (tertiary/aromatic N) is 1. The van der Waals surface area contributed by atoms with Gasteiger partial charge < -0.3 is 14.4 Å². The number of unbranched alkanes of at least 4 members (excludes halogenated alkanes) is 2. The average Bonchev–Trinajstić information content (AvgIpc) is 2.80. The first-order chi connectivity index (χ1) is 16.0. The molecular formula is C30H55NO3. The standard InChI is InChI=1S/C16H23NO.C7H14O2.C5H12.C2H6/c1-12(2)14-11-13(3)8-9-15(14)17(4)16-7-5-6-10-18-16;1-5-6(8)9-7(2,3)4;1-3-5-4-2;1-2/h8-9,11,16H,1,5-7,10H2,2-4H3;5H2,1-4H3;3-5H2,1-2H3;1-2H3. The average molecular weight is 478 g/mol. The van der Waals surface area contributed by atoms with Crippen LogP contribution in [0.5, 0.6) is 0 Å². The van der Waals surface area contributed by atoms with E-state index in [2.05, 4.69) is 64.4 Å². The van der Waals surface area contributed by atoms with E-state index in [9.17, 15) is 4.79 Å². The molecule has 0 N–H and O–H groups in total. The number of anilines is 1. The molecule has 1 aromatic rings. The van der Waals surface area contributed by atoms with Crippen molar-refractivity contribution in [1.82, 2.24) is 0 Å². The van der Waals surface area contributed by atoms with E-state index in [-0.39, 0.29) is 17.8 Å². The third-order valence-electron chi connectivity index (χ3n) is 5.00. The number of hydrogen-bond donors (Lipinski definition) is 0. The molecule has 1 aliphatic heterocycles. The van der Waals surface area contributed by atoms with Crippen molar-refractivity contribution < 1.29 is 14.3 Å². The van der Waals surface area contributed by atoms with Gasteiger partial charge in [-0.1, -0.05) is 72.1 Å². The van der Waals surface area contributed by atoms with Crippen molar-refractivity contribution in [3.05, 3.63) is 35.9 Å². The van der Waals surface area contributed by atoms with Crippen LogP contribution in [0.4, 0.5) is 5.69 Å². The zero-order valence-corrected chi connectivity index (χ0v) is 24.3. The molecule has 4 heteroatoms. The Balaban J connectivity index is 0. The highest BCUT2D eigenvalue weighted by atomic mass is 16.6. The Morgan fingerprint density at radius 1 is 1.15 bits per heavy atom. The molecule has 1 unspecified atom stereocenters. The minimum absolute atomic E-state index is 0.137. The van der Waals surface area contributed by atoms with Crippen molar-refractivity contribution in [2.45, 2.75) is 126 Å². The lowest BCUT2D eigenvalue weighted by Crippen LogP contribution is -2.37. The summed E-state index contributed by atoms with van der Waals surface area (Å²) >= 11 is 0. The van der Waals surface area contributed by atoms with Crippen LogP contribution in [-0.2, 0) is 14.3 Å². The summed E-state index contributed by atoms with van der Waals surface area (Å²) in [6.07, 6.45) is 8.29. The molecule has 1 aliphatic rings. The number of carbonyl (C=O) groups excluding carboxylic acids is 1. The summed E-state index contributed by atoms with van der Waals surface area (Å²) in [5.41, 5.74) is 4.50. The van der Waals surface area contributed by atoms with Crippen molar-refractivity contribution in [2.75, 3.05) is 18.6 Å². The molecule has 1 heterocycles. The van der Waals surface area contributed by atoms with Crippen molar-refractivity contribution >= 4 is 17.2 Å². The molecule has 1 saturated heterocycles. The first-order valence-corrected chi connectivity index (χ1v) is 13.3. The van der Waals surface area contributed by atoms with Gasteiger partial charge in [0.1, 0.15) is 11.8 Å². The van der Waals surface area contributed by atoms with Crippen LogP contribution in [0.3, 0.4) is 0 Å². The molecule has 1 fully saturated rings. The van der Waals surface area contributed by atoms with Gasteiger partial charge in [-0.05, 0) is 71.6 Å². The van der Waals surface area contributed by atoms with Gasteiger partial charge in [0, 0.05) is 31.3 Å². The fraction of sp³-hybridized carbons (Fsp3) is 0.700. The van der Waals surface area contributed by atoms with Crippen LogP contribution in [0.25, 0.3) is 5.57 Å². The molecule has 0 radical (unpaired) electrons. The van der Waals surface area contributed by atoms with E-state index in [1.54, 1.807) is 6.92 Å². The molecule has 0 spiro atoms. The van der Waals surface area contributed by atoms with Gasteiger partial charge in [0.25, 0.3) is 0 Å². The number of aryl methyl sites for hydroxylation is 1. The summed E-state index contributed by atoms with van der Waals surface area (Å²) in [5.74, 6) is -0.137. The molecule has 0 aliphatic carbocycles. The normalized spacial score (nSPS) is 14.7. The lowest BCUT2D eigenvalue weighted by molar-refractivity contribution is -0.154. The molecule has 1 atom stereocenters. The number of benzene rings is 1. The maximum atomic E-state index is 10.6. The molecule has 0 saturated carbocycles. The monoisotopic (exact) mass is 477 g/mol. The van der Waals surface area contributed by atoms with Gasteiger partial charge in [-0.25, -0.2) is 0 Å². The van der Waals surface area contributed by atoms with Crippen molar-refractivity contribution in [3.63, 3.8) is 0 Å². The van der Waals surface area contributed by atoms with Crippen LogP contribution in [0, 0.1) is 6.92 Å². The van der Waals surface area contributed by atoms with Gasteiger partial charge in [0.15, 0.2) is 0 Å². The number of allylic oxidation sites excluding steroid dienone is 1. The van der Waals surface area contributed by atoms with Crippen molar-refractivity contribution in [3.8, 4) is 0 Å². The number of carbonyl (C=O) groups is 1. The summed E-state index contributed by atoms with van der Waals surface area (Å²) in [6.45, 7) is 24.9. The Morgan fingerprint density at radius 3 is 2.09 bits per heavy atom. The number of rotatable bonds is 6. The highest BCUT2D eigenvalue weighted by molar-refractivity contribution is 5.75. The lowest BCUT2D eigenvalue weighted by atomic mass is 10.0. The Morgan fingerprint density at radius 2 is 1.74 bits per heavy atom. The van der Waals surface area contributed by atoms with Gasteiger partial charge in [0.05, 0.1) is 0 Å². The van der Waals surface area contributed by atoms with Gasteiger partial charge in [-0.15, -0.1) is 0 Å². The third kappa shape index (κ3) is 15.9. The Labute approximate surface area is 212 Å². The maximum absolute atomic E-state index is 10.6. The predicted octanol–water partition coefficient (Wildman–Crippen LogP) is 8.95. The van der Waals surface area contributed by atoms with Crippen LogP contribution in [-0.4, -0.2) is 31.5 Å². The number of ether oxygens (including phenoxy) is 2. The summed E-state index contributed by atoms with van der Waals surface area (Å²) in [7, 11) is 2.12. The fourth-order valence-corrected chi connectivity index (χ4v) is 3.25. The minimum Gasteiger partial charge on any atom is -0.460 e. The molecule has 198 valence electrons. The zero-order valence-electron chi connectivity index (χ0n) is 24.3. The Kier molecular flexibility index (Phi) is 19.7. The topological polar surface area (TPSA) is 38.8 Å². The predicted molar refractivity (Wildman–Crippen MR) is 151 cm³/mol. The molecule has 0 bridgehead atoms. The highest BCUT2D eigenvalue weighted by Gasteiger charge is 2.21. The van der Waals surface area contributed by atoms with Gasteiger partial charge in [-0.2, -0.15) is 0 Å². The van der Waals surface area contributed by atoms with Gasteiger partial charge >= 0.3 is 5.97 Å². The van der Waals surface area contributed by atoms with E-state index in [1.165, 1.54) is 48.9 Å². The third-order valence-corrected chi connectivity index (χ3v) is 5.00. The second kappa shape index (κ2) is 19.5. The van der Waals surface area contributed by atoms with Crippen LogP contribution in [0.15, 0.2) is 24.8 Å². The van der Waals surface area contributed by atoms with Crippen LogP contribution in [0.1, 0.15) is 118 Å². The molecule has 1 aromatic carbocycles. The molecule has 0 amide bonds. The van der Waals surface area contributed by atoms with E-state index in [0.29, 0.717) is 6.42 Å². The minimum atomic E-state index is -0.326. The summed E-state index contributed by atoms with van der Waals surface area (Å²) in [4.78, 5) is 12.9. The maximum Gasteiger partial charge on any atom is 0.306 e. The molecule has 2 rings (SSSR count). The Hall–Kier alpha value is -1.81. The quantitative estimate of drug-likeness (QED) is 0.383. The molecular weight excluding hydrogens is 422 g/mol. The summed E-state index contributed by atoms with van der Waals surface area (Å²) in [6, 6.07) is 6.54. The number of hydrogen-bond acceptors (Lipinski definition) is 4. The van der Waals surface area contributed by atoms with E-state index in [1.807, 2.05) is 34.6 Å². The van der Waals surface area contributed by atoms with Crippen LogP contribution < -0.4 is 4.90 Å². The fourth-order valence-electron chi connectivity index (χ4n) is 3.25. The van der Waals surface area contributed by atoms with E-state index < -0.39 is 0 Å². The molecule has 34 heavy (non-hydrogen) atoms. The zero-order chi connectivity index (χ0) is 26.7. The van der Waals surface area contributed by atoms with Crippen LogP contribution >= 0.6 is 0 Å². The molecule has 0 aromatic heterocycles. The van der Waals surface area contributed by atoms with E-state index >= 15 is 0 Å². The highest BCUT2D eigenvalue weighted by Crippen LogP contribution is 2.30. The summed E-state index contributed by atoms with van der Waals surface area (Å²) in [5, 5.41) is 0. The SMILES string of the molecule is C=C(C)c1cc(C)ccc1N(C)C1CCCCO1.CC.CCC(=O)OC(C)(C)C.CCCCC. The first kappa shape index (κ1) is 34.4. The van der Waals surface area contributed by atoms with Gasteiger partial charge in [0.2, 0.25) is 0 Å². The number of esters is 1. The van der Waals surface area contributed by atoms with Crippen LogP contribution in [0.2, 0.25) is 0 Å². The second-order valence-corrected chi connectivity index (χ2v) is 9.53. The first-order valence-electron chi connectivity index (χ1n) is 13.3. The van der Waals surface area contributed by atoms with Crippen molar-refractivity contribution in [1.29, 1.82) is 0 Å². The van der Waals surface area contributed by atoms with Crippen molar-refractivity contribution in [2.24, 2.45) is 0 Å². The van der Waals surface area contributed by atoms with Gasteiger partial charge in [-0.3, -0.25) is 4.79 Å². The largest absolute Gasteiger partial charge is 0.460 e. The second-order valence-electron chi connectivity index (χ2n) is 9.53. The molecule has 4 nitrogen and oxygen atoms in total. The Bertz CT molecular complexity index is 668. The summed E-state index contributed by atoms with van der Waals surface area (Å²) < 4.78 is 10.8.